The highest BCUT2D eigenvalue weighted by molar-refractivity contribution is 7.92. The van der Waals surface area contributed by atoms with Gasteiger partial charge in [-0.05, 0) is 80.3 Å². The molecule has 358 valence electrons. The predicted molar refractivity (Wildman–Crippen MR) is 263 cm³/mol. The number of hydrazone groups is 1. The largest absolute Gasteiger partial charge is 0.493 e. The number of rotatable bonds is 23. The molecule has 1 aromatic heterocycles. The van der Waals surface area contributed by atoms with Crippen LogP contribution in [-0.4, -0.2) is 67.4 Å². The van der Waals surface area contributed by atoms with Gasteiger partial charge in [0.25, 0.3) is 15.9 Å². The van der Waals surface area contributed by atoms with Crippen molar-refractivity contribution < 1.29 is 32.3 Å². The van der Waals surface area contributed by atoms with Gasteiger partial charge in [-0.1, -0.05) is 74.9 Å². The molecule has 1 unspecified atom stereocenters. The van der Waals surface area contributed by atoms with Gasteiger partial charge >= 0.3 is 5.69 Å². The number of ether oxygens (including phenoxy) is 2. The third kappa shape index (κ3) is 13.8. The summed E-state index contributed by atoms with van der Waals surface area (Å²) in [6, 6.07) is 21.2. The van der Waals surface area contributed by atoms with E-state index in [1.165, 1.54) is 27.3 Å². The number of anilines is 2. The summed E-state index contributed by atoms with van der Waals surface area (Å²) in [5, 5.41) is 15.9. The number of aryl methyl sites for hydroxylation is 2. The van der Waals surface area contributed by atoms with Crippen molar-refractivity contribution >= 4 is 79.2 Å². The van der Waals surface area contributed by atoms with Crippen molar-refractivity contribution in [3.05, 3.63) is 105 Å². The number of hydrogen-bond donors (Lipinski definition) is 4. The Morgan fingerprint density at radius 2 is 1.46 bits per heavy atom. The Morgan fingerprint density at radius 1 is 0.776 bits per heavy atom. The zero-order chi connectivity index (χ0) is 48.1. The van der Waals surface area contributed by atoms with Gasteiger partial charge in [0, 0.05) is 63.6 Å². The maximum atomic E-state index is 13.8. The highest BCUT2D eigenvalue weighted by Crippen LogP contribution is 2.36. The molecule has 0 bridgehead atoms. The van der Waals surface area contributed by atoms with Crippen molar-refractivity contribution in [1.29, 1.82) is 0 Å². The molecule has 1 atom stereocenters. The van der Waals surface area contributed by atoms with Crippen molar-refractivity contribution in [2.75, 3.05) is 36.0 Å². The molecule has 3 amide bonds. The van der Waals surface area contributed by atoms with E-state index in [0.717, 1.165) is 50.6 Å². The number of imidazole rings is 1. The number of amides is 3. The lowest BCUT2D eigenvalue weighted by Crippen LogP contribution is -2.34. The van der Waals surface area contributed by atoms with Gasteiger partial charge in [-0.2, -0.15) is 5.10 Å². The fourth-order valence-electron chi connectivity index (χ4n) is 7.44. The summed E-state index contributed by atoms with van der Waals surface area (Å²) < 4.78 is 45.1. The van der Waals surface area contributed by atoms with Gasteiger partial charge in [0.2, 0.25) is 11.8 Å². The van der Waals surface area contributed by atoms with Gasteiger partial charge in [-0.3, -0.25) is 33.2 Å². The lowest BCUT2D eigenvalue weighted by atomic mass is 10.1. The first-order valence-electron chi connectivity index (χ1n) is 22.5. The monoisotopic (exact) mass is 976 g/mol. The molecule has 5 aromatic rings. The number of amidine groups is 1. The Labute approximate surface area is 401 Å². The van der Waals surface area contributed by atoms with Crippen LogP contribution in [0.25, 0.3) is 11.0 Å². The van der Waals surface area contributed by atoms with E-state index in [9.17, 15) is 27.6 Å². The number of unbranched alkanes of at least 4 members (excludes halogenated alkanes) is 5. The average Bonchev–Trinajstić information content (AvgIpc) is 3.77. The van der Waals surface area contributed by atoms with Crippen LogP contribution in [0.3, 0.4) is 0 Å². The maximum absolute atomic E-state index is 13.8. The molecule has 0 saturated carbocycles. The number of nitrogens with zero attached hydrogens (tertiary/aromatic N) is 4. The van der Waals surface area contributed by atoms with Crippen LogP contribution < -0.4 is 40.8 Å². The molecule has 4 N–H and O–H groups in total. The number of halogens is 2. The number of carbonyl (C=O) groups excluding carboxylic acids is 3. The number of nitrogens with one attached hydrogen (secondary N) is 4. The number of benzene rings is 4. The lowest BCUT2D eigenvalue weighted by Gasteiger charge is -2.15. The Hall–Kier alpha value is -6.04. The molecule has 0 fully saturated rings. The number of hydrogen-bond acceptors (Lipinski definition) is 10. The van der Waals surface area contributed by atoms with E-state index in [0.29, 0.717) is 77.5 Å². The Bertz CT molecular complexity index is 2780. The average molecular weight is 978 g/mol. The molecule has 0 saturated heterocycles. The van der Waals surface area contributed by atoms with Crippen molar-refractivity contribution in [3.8, 4) is 17.2 Å². The fraction of sp³-hybridized carbons (Fsp3) is 0.396. The van der Waals surface area contributed by atoms with Gasteiger partial charge in [0.1, 0.15) is 17.3 Å². The van der Waals surface area contributed by atoms with Crippen LogP contribution in [0.2, 0.25) is 10.0 Å². The smallest absolute Gasteiger partial charge is 0.328 e. The van der Waals surface area contributed by atoms with Crippen LogP contribution in [-0.2, 0) is 33.7 Å². The summed E-state index contributed by atoms with van der Waals surface area (Å²) in [4.78, 5) is 50.7. The van der Waals surface area contributed by atoms with E-state index in [2.05, 4.69) is 25.8 Å². The van der Waals surface area contributed by atoms with Gasteiger partial charge in [0.05, 0.1) is 50.5 Å². The van der Waals surface area contributed by atoms with Crippen LogP contribution in [0, 0.1) is 5.92 Å². The topological polar surface area (TPSA) is 194 Å². The first-order valence-corrected chi connectivity index (χ1v) is 24.8. The highest BCUT2D eigenvalue weighted by Gasteiger charge is 2.26. The summed E-state index contributed by atoms with van der Waals surface area (Å²) in [6.07, 6.45) is 7.14. The second kappa shape index (κ2) is 23.6. The molecule has 0 radical (unpaired) electrons. The third-order valence-corrected chi connectivity index (χ3v) is 13.3. The van der Waals surface area contributed by atoms with Crippen molar-refractivity contribution in [2.24, 2.45) is 25.1 Å². The number of aromatic nitrogens is 2. The van der Waals surface area contributed by atoms with E-state index in [4.69, 9.17) is 32.7 Å². The second-order valence-electron chi connectivity index (χ2n) is 16.5. The molecule has 1 aliphatic rings. The second-order valence-corrected chi connectivity index (χ2v) is 19.0. The SMILES string of the molecule is CCCOc1cccc(Oc2cc3c(cc2NS(=O)(=O)c2cccc(C(=O)NCCCCCCCCC(=O)NCCCC(=O)NC4=NN(c5ccc(Cl)c(Cl)c5)CC4C)c2)n(C)c(=O)n3C)c1. The van der Waals surface area contributed by atoms with E-state index in [1.807, 2.05) is 19.9 Å². The van der Waals surface area contributed by atoms with E-state index < -0.39 is 15.9 Å². The first-order chi connectivity index (χ1) is 32.1. The van der Waals surface area contributed by atoms with Gasteiger partial charge in [-0.15, -0.1) is 0 Å². The zero-order valence-corrected chi connectivity index (χ0v) is 40.5. The van der Waals surface area contributed by atoms with Crippen LogP contribution in [0.1, 0.15) is 88.4 Å². The van der Waals surface area contributed by atoms with Crippen LogP contribution in [0.5, 0.6) is 17.2 Å². The minimum Gasteiger partial charge on any atom is -0.493 e. The minimum absolute atomic E-state index is 0.0243. The molecule has 16 nitrogen and oxygen atoms in total. The van der Waals surface area contributed by atoms with E-state index in [1.54, 1.807) is 73.7 Å². The highest BCUT2D eigenvalue weighted by atomic mass is 35.5. The molecule has 19 heteroatoms. The summed E-state index contributed by atoms with van der Waals surface area (Å²) in [7, 11) is -1.01. The molecule has 0 spiro atoms. The van der Waals surface area contributed by atoms with Crippen molar-refractivity contribution in [1.82, 2.24) is 25.1 Å². The Morgan fingerprint density at radius 3 is 2.22 bits per heavy atom. The number of carbonyl (C=O) groups is 3. The minimum atomic E-state index is -4.24. The van der Waals surface area contributed by atoms with Crippen LogP contribution in [0.4, 0.5) is 11.4 Å². The Balaban J connectivity index is 0.883. The molecule has 2 heterocycles. The summed E-state index contributed by atoms with van der Waals surface area (Å²) in [6.45, 7) is 5.93. The van der Waals surface area contributed by atoms with Gasteiger partial charge < -0.3 is 25.4 Å². The van der Waals surface area contributed by atoms with Crippen LogP contribution >= 0.6 is 23.2 Å². The predicted octanol–water partition coefficient (Wildman–Crippen LogP) is 8.51. The number of fused-ring (bicyclic) bond motifs is 1. The molecular weight excluding hydrogens is 920 g/mol. The fourth-order valence-corrected chi connectivity index (χ4v) is 8.84. The molecule has 67 heavy (non-hydrogen) atoms. The summed E-state index contributed by atoms with van der Waals surface area (Å²) in [5.74, 6) is 1.17. The number of sulfonamides is 1. The summed E-state index contributed by atoms with van der Waals surface area (Å²) >= 11 is 12.2. The van der Waals surface area contributed by atoms with Crippen molar-refractivity contribution in [2.45, 2.75) is 83.0 Å². The van der Waals surface area contributed by atoms with E-state index >= 15 is 0 Å². The maximum Gasteiger partial charge on any atom is 0.328 e. The van der Waals surface area contributed by atoms with Crippen LogP contribution in [0.15, 0.2) is 93.7 Å². The zero-order valence-electron chi connectivity index (χ0n) is 38.2. The lowest BCUT2D eigenvalue weighted by molar-refractivity contribution is -0.122. The summed E-state index contributed by atoms with van der Waals surface area (Å²) in [5.41, 5.74) is 1.82. The third-order valence-electron chi connectivity index (χ3n) is 11.2. The standard InChI is InChI=1S/C48H58Cl2N8O8S/c1-5-25-65-35-16-13-17-36(28-35)66-43-30-42-41(56(3)48(62)57(42)4)29-40(43)55-67(63,64)37-18-12-15-33(26-37)47(61)52-23-11-9-7-6-8-10-19-44(59)51-24-14-20-45(60)53-46-32(2)31-58(54-46)34-21-22-38(49)39(50)27-34/h12-13,15-18,21-22,26-30,32,55H,5-11,14,19-20,23-25,31H2,1-4H3,(H,51,59)(H,52,61)(H,53,54,60). The molecule has 0 aliphatic carbocycles. The van der Waals surface area contributed by atoms with E-state index in [-0.39, 0.29) is 51.7 Å². The quantitative estimate of drug-likeness (QED) is 0.0464. The molecule has 1 aliphatic heterocycles. The normalized spacial score (nSPS) is 13.6. The van der Waals surface area contributed by atoms with Crippen molar-refractivity contribution in [3.63, 3.8) is 0 Å². The van der Waals surface area contributed by atoms with Gasteiger partial charge in [-0.25, -0.2) is 13.2 Å². The first kappa shape index (κ1) is 50.4. The molecule has 4 aromatic carbocycles. The Kier molecular flexibility index (Phi) is 17.8. The van der Waals surface area contributed by atoms with Gasteiger partial charge in [0.15, 0.2) is 5.75 Å². The molecular formula is C48H58Cl2N8O8S. The molecule has 6 rings (SSSR count).